The van der Waals surface area contributed by atoms with Crippen LogP contribution in [-0.4, -0.2) is 31.7 Å². The second kappa shape index (κ2) is 6.17. The van der Waals surface area contributed by atoms with Crippen LogP contribution in [0.15, 0.2) is 0 Å². The summed E-state index contributed by atoms with van der Waals surface area (Å²) in [6.45, 7) is 1.69. The molecule has 1 aliphatic rings. The largest absolute Gasteiger partial charge is 0.471 e. The molecule has 1 aliphatic heterocycles. The lowest BCUT2D eigenvalue weighted by Gasteiger charge is -2.23. The number of hydrogen-bond donors (Lipinski definition) is 2. The highest BCUT2D eigenvalue weighted by molar-refractivity contribution is 5.85. The Morgan fingerprint density at radius 2 is 2.13 bits per heavy atom. The standard InChI is InChI=1S/C8H13F3N2O.ClH/c9-8(10,11)7(14)13-5-6-2-1-3-12-4-6;/h6,12H,1-5H2,(H,13,14);1H. The van der Waals surface area contributed by atoms with Gasteiger partial charge in [0, 0.05) is 6.54 Å². The van der Waals surface area contributed by atoms with Crippen LogP contribution in [0.4, 0.5) is 13.2 Å². The molecule has 0 aromatic carbocycles. The molecule has 3 nitrogen and oxygen atoms in total. The van der Waals surface area contributed by atoms with Crippen LogP contribution in [0.2, 0.25) is 0 Å². The molecule has 0 saturated carbocycles. The molecular weight excluding hydrogens is 233 g/mol. The highest BCUT2D eigenvalue weighted by Gasteiger charge is 2.38. The number of piperidine rings is 1. The lowest BCUT2D eigenvalue weighted by atomic mass is 10.00. The first-order valence-electron chi connectivity index (χ1n) is 4.56. The number of nitrogens with one attached hydrogen (secondary N) is 2. The molecule has 2 N–H and O–H groups in total. The third kappa shape index (κ3) is 5.22. The van der Waals surface area contributed by atoms with E-state index in [2.05, 4.69) is 5.32 Å². The van der Waals surface area contributed by atoms with Crippen LogP contribution < -0.4 is 10.6 Å². The van der Waals surface area contributed by atoms with Crippen molar-refractivity contribution in [1.82, 2.24) is 10.6 Å². The van der Waals surface area contributed by atoms with Crippen LogP contribution in [0.3, 0.4) is 0 Å². The van der Waals surface area contributed by atoms with Crippen molar-refractivity contribution in [2.24, 2.45) is 5.92 Å². The first-order valence-corrected chi connectivity index (χ1v) is 4.56. The Kier molecular flexibility index (Phi) is 5.97. The quantitative estimate of drug-likeness (QED) is 0.766. The predicted molar refractivity (Wildman–Crippen MR) is 51.9 cm³/mol. The van der Waals surface area contributed by atoms with Crippen LogP contribution in [0, 0.1) is 5.92 Å². The maximum atomic E-state index is 11.8. The summed E-state index contributed by atoms with van der Waals surface area (Å²) in [5.74, 6) is -1.72. The highest BCUT2D eigenvalue weighted by atomic mass is 35.5. The van der Waals surface area contributed by atoms with Gasteiger partial charge in [-0.1, -0.05) is 0 Å². The predicted octanol–water partition coefficient (Wildman–Crippen LogP) is 1.09. The van der Waals surface area contributed by atoms with Gasteiger partial charge in [0.15, 0.2) is 0 Å². The number of alkyl halides is 3. The van der Waals surface area contributed by atoms with Gasteiger partial charge in [-0.15, -0.1) is 12.4 Å². The summed E-state index contributed by atoms with van der Waals surface area (Å²) in [5.41, 5.74) is 0. The topological polar surface area (TPSA) is 41.1 Å². The van der Waals surface area contributed by atoms with Gasteiger partial charge in [0.1, 0.15) is 0 Å². The maximum absolute atomic E-state index is 11.8. The van der Waals surface area contributed by atoms with E-state index in [0.717, 1.165) is 19.4 Å². The summed E-state index contributed by atoms with van der Waals surface area (Å²) in [6, 6.07) is 0. The van der Waals surface area contributed by atoms with Gasteiger partial charge in [-0.25, -0.2) is 0 Å². The molecule has 90 valence electrons. The SMILES string of the molecule is Cl.O=C(NCC1CCCNC1)C(F)(F)F. The van der Waals surface area contributed by atoms with Gasteiger partial charge in [-0.2, -0.15) is 13.2 Å². The molecule has 15 heavy (non-hydrogen) atoms. The zero-order chi connectivity index (χ0) is 10.6. The van der Waals surface area contributed by atoms with E-state index in [1.807, 2.05) is 5.32 Å². The Bertz CT molecular complexity index is 205. The van der Waals surface area contributed by atoms with Gasteiger partial charge in [0.25, 0.3) is 0 Å². The van der Waals surface area contributed by atoms with Gasteiger partial charge < -0.3 is 10.6 Å². The number of carbonyl (C=O) groups excluding carboxylic acids is 1. The molecule has 7 heteroatoms. The van der Waals surface area contributed by atoms with Crippen LogP contribution in [0.25, 0.3) is 0 Å². The Balaban J connectivity index is 0.00000196. The summed E-state index contributed by atoms with van der Waals surface area (Å²) < 4.78 is 35.3. The van der Waals surface area contributed by atoms with Crippen molar-refractivity contribution in [3.8, 4) is 0 Å². The van der Waals surface area contributed by atoms with Crippen LogP contribution in [-0.2, 0) is 4.79 Å². The van der Waals surface area contributed by atoms with E-state index >= 15 is 0 Å². The molecule has 1 amide bonds. The maximum Gasteiger partial charge on any atom is 0.471 e. The first-order chi connectivity index (χ1) is 6.50. The van der Waals surface area contributed by atoms with Crippen molar-refractivity contribution in [1.29, 1.82) is 0 Å². The molecule has 0 aromatic heterocycles. The fourth-order valence-corrected chi connectivity index (χ4v) is 1.44. The number of carbonyl (C=O) groups is 1. The van der Waals surface area contributed by atoms with E-state index in [-0.39, 0.29) is 24.9 Å². The van der Waals surface area contributed by atoms with Crippen LogP contribution >= 0.6 is 12.4 Å². The van der Waals surface area contributed by atoms with E-state index in [9.17, 15) is 18.0 Å². The number of hydrogen-bond acceptors (Lipinski definition) is 2. The molecule has 1 heterocycles. The van der Waals surface area contributed by atoms with Gasteiger partial charge in [0.2, 0.25) is 0 Å². The molecule has 1 rings (SSSR count). The number of amides is 1. The molecule has 1 fully saturated rings. The zero-order valence-corrected chi connectivity index (χ0v) is 8.88. The molecule has 1 unspecified atom stereocenters. The summed E-state index contributed by atoms with van der Waals surface area (Å²) >= 11 is 0. The molecule has 0 aliphatic carbocycles. The molecule has 0 bridgehead atoms. The second-order valence-electron chi connectivity index (χ2n) is 3.42. The van der Waals surface area contributed by atoms with Crippen LogP contribution in [0.1, 0.15) is 12.8 Å². The van der Waals surface area contributed by atoms with E-state index in [1.165, 1.54) is 0 Å². The lowest BCUT2D eigenvalue weighted by Crippen LogP contribution is -2.42. The Hall–Kier alpha value is -0.490. The van der Waals surface area contributed by atoms with Crippen molar-refractivity contribution in [3.63, 3.8) is 0 Å². The van der Waals surface area contributed by atoms with Crippen molar-refractivity contribution in [2.45, 2.75) is 19.0 Å². The first kappa shape index (κ1) is 14.5. The third-order valence-corrected chi connectivity index (χ3v) is 2.21. The van der Waals surface area contributed by atoms with E-state index in [4.69, 9.17) is 0 Å². The van der Waals surface area contributed by atoms with E-state index in [0.29, 0.717) is 6.54 Å². The minimum absolute atomic E-state index is 0. The molecule has 0 aromatic rings. The minimum atomic E-state index is -4.76. The monoisotopic (exact) mass is 246 g/mol. The van der Waals surface area contributed by atoms with Crippen molar-refractivity contribution in [2.75, 3.05) is 19.6 Å². The van der Waals surface area contributed by atoms with Crippen molar-refractivity contribution < 1.29 is 18.0 Å². The van der Waals surface area contributed by atoms with Gasteiger partial charge >= 0.3 is 12.1 Å². The summed E-state index contributed by atoms with van der Waals surface area (Å²) in [4.78, 5) is 10.5. The highest BCUT2D eigenvalue weighted by Crippen LogP contribution is 2.15. The Labute approximate surface area is 92.2 Å². The van der Waals surface area contributed by atoms with E-state index < -0.39 is 12.1 Å². The van der Waals surface area contributed by atoms with Crippen molar-refractivity contribution >= 4 is 18.3 Å². The fourth-order valence-electron chi connectivity index (χ4n) is 1.44. The van der Waals surface area contributed by atoms with Crippen LogP contribution in [0.5, 0.6) is 0 Å². The Morgan fingerprint density at radius 3 is 2.60 bits per heavy atom. The molecule has 1 atom stereocenters. The summed E-state index contributed by atoms with van der Waals surface area (Å²) in [5, 5.41) is 4.95. The molecular formula is C8H14ClF3N2O. The smallest absolute Gasteiger partial charge is 0.348 e. The third-order valence-electron chi connectivity index (χ3n) is 2.21. The average Bonchev–Trinajstić information content (AvgIpc) is 2.14. The molecule has 1 saturated heterocycles. The summed E-state index contributed by atoms with van der Waals surface area (Å²) in [6.07, 6.45) is -2.94. The summed E-state index contributed by atoms with van der Waals surface area (Å²) in [7, 11) is 0. The van der Waals surface area contributed by atoms with Gasteiger partial charge in [0.05, 0.1) is 0 Å². The minimum Gasteiger partial charge on any atom is -0.348 e. The normalized spacial score (nSPS) is 21.7. The Morgan fingerprint density at radius 1 is 1.47 bits per heavy atom. The molecule has 0 spiro atoms. The second-order valence-corrected chi connectivity index (χ2v) is 3.42. The number of rotatable bonds is 2. The van der Waals surface area contributed by atoms with Gasteiger partial charge in [-0.05, 0) is 31.8 Å². The number of halogens is 4. The lowest BCUT2D eigenvalue weighted by molar-refractivity contribution is -0.173. The fraction of sp³-hybridized carbons (Fsp3) is 0.875. The van der Waals surface area contributed by atoms with Gasteiger partial charge in [-0.3, -0.25) is 4.79 Å². The molecule has 0 radical (unpaired) electrons. The van der Waals surface area contributed by atoms with E-state index in [1.54, 1.807) is 0 Å². The average molecular weight is 247 g/mol. The zero-order valence-electron chi connectivity index (χ0n) is 8.06. The van der Waals surface area contributed by atoms with Crippen molar-refractivity contribution in [3.05, 3.63) is 0 Å².